The molecule has 0 aliphatic heterocycles. The van der Waals surface area contributed by atoms with Crippen molar-refractivity contribution in [3.63, 3.8) is 0 Å². The maximum atomic E-state index is 15.2. The highest BCUT2D eigenvalue weighted by Gasteiger charge is 2.25. The van der Waals surface area contributed by atoms with Crippen LogP contribution in [0.4, 0.5) is 22.7 Å². The zero-order chi connectivity index (χ0) is 65.2. The predicted octanol–water partition coefficient (Wildman–Crippen LogP) is 16.8. The lowest BCUT2D eigenvalue weighted by Gasteiger charge is -2.22. The molecule has 462 valence electrons. The summed E-state index contributed by atoms with van der Waals surface area (Å²) in [6, 6.07) is 81.5. The van der Waals surface area contributed by atoms with Gasteiger partial charge in [0.2, 0.25) is 0 Å². The van der Waals surface area contributed by atoms with Gasteiger partial charge in [-0.1, -0.05) is 170 Å². The van der Waals surface area contributed by atoms with E-state index in [0.717, 1.165) is 61.8 Å². The van der Waals surface area contributed by atoms with Crippen molar-refractivity contribution in [3.05, 3.63) is 314 Å². The van der Waals surface area contributed by atoms with Gasteiger partial charge in [0.1, 0.15) is 6.73 Å². The lowest BCUT2D eigenvalue weighted by Crippen LogP contribution is -2.29. The molecule has 0 aliphatic rings. The molecular formula is C81H64N10O4. The number of benzene rings is 8. The molecule has 0 spiro atoms. The van der Waals surface area contributed by atoms with Gasteiger partial charge in [0.05, 0.1) is 76.9 Å². The fourth-order valence-corrected chi connectivity index (χ4v) is 11.4. The highest BCUT2D eigenvalue weighted by atomic mass is 16.5. The second-order valence-corrected chi connectivity index (χ2v) is 22.9. The van der Waals surface area contributed by atoms with Gasteiger partial charge in [-0.25, -0.2) is 9.97 Å². The summed E-state index contributed by atoms with van der Waals surface area (Å²) in [6.45, 7) is 0.331. The molecule has 8 aromatic carbocycles. The molecule has 95 heavy (non-hydrogen) atoms. The SMILES string of the molecule is CN(COCc1cc(C(=O)N(C)c2ccc(-c3ccccc3)nc2)cc(-c2cccc(-c3cc(C(=O)N(C)c4ccc(-c5ccccc5)nc4)cc(C(=O)N(C)c4ccc(-c5ccccc5)nc4)c3)c2-c2cnc(-c3ccccc3)nc2)c1)c1ccc(-c2ccccc2)nc1. The Hall–Kier alpha value is -12.4. The maximum absolute atomic E-state index is 15.2. The van der Waals surface area contributed by atoms with Crippen molar-refractivity contribution in [2.75, 3.05) is 54.5 Å². The zero-order valence-corrected chi connectivity index (χ0v) is 52.7. The fourth-order valence-electron chi connectivity index (χ4n) is 11.4. The van der Waals surface area contributed by atoms with Crippen LogP contribution >= 0.6 is 0 Å². The smallest absolute Gasteiger partial charge is 0.258 e. The van der Waals surface area contributed by atoms with Crippen LogP contribution in [0.3, 0.4) is 0 Å². The molecule has 3 amide bonds. The Labute approximate surface area is 551 Å². The molecule has 13 rings (SSSR count). The van der Waals surface area contributed by atoms with Gasteiger partial charge in [0, 0.05) is 96.2 Å². The molecule has 13 aromatic rings. The lowest BCUT2D eigenvalue weighted by molar-refractivity contribution is 0.0982. The second-order valence-electron chi connectivity index (χ2n) is 22.9. The van der Waals surface area contributed by atoms with Crippen LogP contribution in [0, 0.1) is 0 Å². The van der Waals surface area contributed by atoms with E-state index in [1.54, 1.807) is 63.1 Å². The van der Waals surface area contributed by atoms with Crippen LogP contribution in [0.15, 0.2) is 292 Å². The van der Waals surface area contributed by atoms with E-state index in [1.165, 1.54) is 9.80 Å². The number of rotatable bonds is 19. The van der Waals surface area contributed by atoms with E-state index < -0.39 is 0 Å². The molecule has 0 radical (unpaired) electrons. The van der Waals surface area contributed by atoms with Crippen molar-refractivity contribution in [2.45, 2.75) is 6.61 Å². The normalized spacial score (nSPS) is 11.0. The Bertz CT molecular complexity index is 4700. The molecule has 14 nitrogen and oxygen atoms in total. The van der Waals surface area contributed by atoms with Gasteiger partial charge in [0.25, 0.3) is 17.7 Å². The van der Waals surface area contributed by atoms with Crippen molar-refractivity contribution in [1.29, 1.82) is 0 Å². The molecular weight excluding hydrogens is 1180 g/mol. The molecule has 0 bridgehead atoms. The largest absolute Gasteiger partial charge is 0.356 e. The van der Waals surface area contributed by atoms with E-state index in [2.05, 4.69) is 0 Å². The molecule has 0 saturated carbocycles. The van der Waals surface area contributed by atoms with Crippen molar-refractivity contribution in [1.82, 2.24) is 29.9 Å². The molecule has 0 atom stereocenters. The summed E-state index contributed by atoms with van der Waals surface area (Å²) in [7, 11) is 7.07. The van der Waals surface area contributed by atoms with Crippen molar-refractivity contribution in [2.24, 2.45) is 0 Å². The first-order valence-corrected chi connectivity index (χ1v) is 31.0. The summed E-state index contributed by atoms with van der Waals surface area (Å²) in [5.74, 6) is -0.520. The zero-order valence-electron chi connectivity index (χ0n) is 52.7. The highest BCUT2D eigenvalue weighted by Crippen LogP contribution is 2.42. The summed E-state index contributed by atoms with van der Waals surface area (Å²) >= 11 is 0. The third-order valence-corrected chi connectivity index (χ3v) is 16.7. The summed E-state index contributed by atoms with van der Waals surface area (Å²) in [4.78, 5) is 81.2. The summed E-state index contributed by atoms with van der Waals surface area (Å²) < 4.78 is 6.53. The molecule has 5 aromatic heterocycles. The number of carbonyl (C=O) groups is 3. The summed E-state index contributed by atoms with van der Waals surface area (Å²) in [6.07, 6.45) is 10.5. The Morgan fingerprint density at radius 1 is 0.316 bits per heavy atom. The highest BCUT2D eigenvalue weighted by molar-refractivity contribution is 6.12. The molecule has 0 aliphatic carbocycles. The quantitative estimate of drug-likeness (QED) is 0.0712. The first-order valence-electron chi connectivity index (χ1n) is 31.0. The second kappa shape index (κ2) is 28.0. The van der Waals surface area contributed by atoms with Crippen LogP contribution in [-0.4, -0.2) is 82.5 Å². The number of amides is 3. The third-order valence-electron chi connectivity index (χ3n) is 16.7. The van der Waals surface area contributed by atoms with Gasteiger partial charge in [0.15, 0.2) is 5.82 Å². The van der Waals surface area contributed by atoms with E-state index in [4.69, 9.17) is 34.6 Å². The maximum Gasteiger partial charge on any atom is 0.258 e. The number of carbonyl (C=O) groups excluding carboxylic acids is 3. The number of anilines is 4. The van der Waals surface area contributed by atoms with Gasteiger partial charge in [-0.15, -0.1) is 0 Å². The Balaban J connectivity index is 0.924. The molecule has 0 saturated heterocycles. The van der Waals surface area contributed by atoms with E-state index in [0.29, 0.717) is 61.8 Å². The average Bonchev–Trinajstić information content (AvgIpc) is 0.787. The number of nitrogens with zero attached hydrogens (tertiary/aromatic N) is 10. The number of ether oxygens (including phenoxy) is 1. The first-order chi connectivity index (χ1) is 46.5. The van der Waals surface area contributed by atoms with Crippen LogP contribution < -0.4 is 19.6 Å². The van der Waals surface area contributed by atoms with Crippen LogP contribution in [0.1, 0.15) is 36.6 Å². The van der Waals surface area contributed by atoms with E-state index in [-0.39, 0.29) is 42.2 Å². The Kier molecular flexibility index (Phi) is 18.1. The molecule has 0 N–H and O–H groups in total. The lowest BCUT2D eigenvalue weighted by atomic mass is 9.86. The van der Waals surface area contributed by atoms with Gasteiger partial charge in [-0.3, -0.25) is 34.3 Å². The average molecular weight is 1240 g/mol. The topological polar surface area (TPSA) is 151 Å². The van der Waals surface area contributed by atoms with Gasteiger partial charge in [-0.05, 0) is 113 Å². The minimum Gasteiger partial charge on any atom is -0.356 e. The summed E-state index contributed by atoms with van der Waals surface area (Å²) in [5, 5.41) is 0. The number of hydrogen-bond acceptors (Lipinski definition) is 11. The minimum absolute atomic E-state index is 0.126. The van der Waals surface area contributed by atoms with Crippen LogP contribution in [-0.2, 0) is 11.3 Å². The fraction of sp³-hybridized carbons (Fsp3) is 0.0741. The van der Waals surface area contributed by atoms with Gasteiger partial charge in [-0.2, -0.15) is 0 Å². The standard InChI is InChI=1S/C81H64N10O4/c1-88(67-33-37-73(82-49-67)56-21-10-5-11-22-56)54-95-53-55-41-61(43-63(42-55)79(92)89(2)68-34-38-74(83-50-68)57-23-12-6-13-24-57)71-31-20-32-72(77(71)66-47-86-78(87-48-66)60-29-18-9-19-30-60)62-44-64(80(93)90(3)69-35-39-75(84-51-69)58-25-14-7-15-26-58)46-65(45-62)81(94)91(4)70-36-40-76(85-52-70)59-27-16-8-17-28-59/h5-52H,53-54H2,1-4H3. The van der Waals surface area contributed by atoms with E-state index in [1.807, 2.05) is 267 Å². The van der Waals surface area contributed by atoms with Gasteiger partial charge >= 0.3 is 0 Å². The number of pyridine rings is 4. The Morgan fingerprint density at radius 2 is 0.663 bits per heavy atom. The molecule has 0 unspecified atom stereocenters. The van der Waals surface area contributed by atoms with E-state index >= 15 is 14.4 Å². The van der Waals surface area contributed by atoms with Crippen molar-refractivity contribution < 1.29 is 19.1 Å². The molecule has 5 heterocycles. The number of hydrogen-bond donors (Lipinski definition) is 0. The molecule has 0 fully saturated rings. The minimum atomic E-state index is -0.379. The number of aromatic nitrogens is 6. The van der Waals surface area contributed by atoms with E-state index in [9.17, 15) is 0 Å². The summed E-state index contributed by atoms with van der Waals surface area (Å²) in [5.41, 5.74) is 15.9. The van der Waals surface area contributed by atoms with Gasteiger partial charge < -0.3 is 24.3 Å². The first kappa shape index (κ1) is 61.5. The van der Waals surface area contributed by atoms with Crippen LogP contribution in [0.2, 0.25) is 0 Å². The van der Waals surface area contributed by atoms with Crippen LogP contribution in [0.25, 0.3) is 89.8 Å². The van der Waals surface area contributed by atoms with Crippen LogP contribution in [0.5, 0.6) is 0 Å². The molecule has 14 heteroatoms. The monoisotopic (exact) mass is 1240 g/mol. The predicted molar refractivity (Wildman–Crippen MR) is 379 cm³/mol. The third kappa shape index (κ3) is 13.8. The van der Waals surface area contributed by atoms with Crippen molar-refractivity contribution >= 4 is 40.5 Å². The van der Waals surface area contributed by atoms with Crippen molar-refractivity contribution in [3.8, 4) is 89.8 Å². The Morgan fingerprint density at radius 3 is 1.03 bits per heavy atom.